The van der Waals surface area contributed by atoms with E-state index >= 15 is 0 Å². The highest BCUT2D eigenvalue weighted by Crippen LogP contribution is 2.21. The minimum atomic E-state index is -3.76. The van der Waals surface area contributed by atoms with Crippen molar-refractivity contribution in [1.29, 1.82) is 5.26 Å². The average Bonchev–Trinajstić information content (AvgIpc) is 2.38. The molecule has 0 heterocycles. The second-order valence-corrected chi connectivity index (χ2v) is 6.11. The van der Waals surface area contributed by atoms with Crippen LogP contribution in [0.5, 0.6) is 0 Å². The second-order valence-electron chi connectivity index (χ2n) is 4.17. The molecule has 7 heteroatoms. The molecule has 0 saturated heterocycles. The van der Waals surface area contributed by atoms with E-state index in [1.807, 2.05) is 6.07 Å². The monoisotopic (exact) mass is 285 g/mol. The van der Waals surface area contributed by atoms with Gasteiger partial charge in [-0.25, -0.2) is 12.8 Å². The summed E-state index contributed by atoms with van der Waals surface area (Å²) in [6.07, 6.45) is 0. The predicted octanol–water partition coefficient (Wildman–Crippen LogP) is 1.58. The van der Waals surface area contributed by atoms with Crippen LogP contribution in [0.3, 0.4) is 0 Å². The average molecular weight is 285 g/mol. The van der Waals surface area contributed by atoms with Crippen molar-refractivity contribution in [1.82, 2.24) is 4.31 Å². The van der Waals surface area contributed by atoms with Crippen molar-refractivity contribution in [3.63, 3.8) is 0 Å². The molecule has 1 rings (SSSR count). The van der Waals surface area contributed by atoms with E-state index in [-0.39, 0.29) is 23.7 Å². The molecule has 19 heavy (non-hydrogen) atoms. The Bertz CT molecular complexity index is 595. The van der Waals surface area contributed by atoms with E-state index < -0.39 is 21.8 Å². The van der Waals surface area contributed by atoms with Crippen LogP contribution in [-0.4, -0.2) is 25.8 Å². The molecular weight excluding hydrogens is 269 g/mol. The Morgan fingerprint density at radius 2 is 2.16 bits per heavy atom. The Morgan fingerprint density at radius 1 is 1.53 bits per heavy atom. The molecule has 0 aliphatic heterocycles. The quantitative estimate of drug-likeness (QED) is 0.832. The molecule has 0 radical (unpaired) electrons. The summed E-state index contributed by atoms with van der Waals surface area (Å²) in [5.41, 5.74) is 5.16. The maximum Gasteiger partial charge on any atom is 0.243 e. The van der Waals surface area contributed by atoms with Crippen LogP contribution in [0.4, 0.5) is 10.1 Å². The molecule has 0 fully saturated rings. The van der Waals surface area contributed by atoms with Gasteiger partial charge in [-0.05, 0) is 25.1 Å². The van der Waals surface area contributed by atoms with Gasteiger partial charge in [-0.2, -0.15) is 9.57 Å². The van der Waals surface area contributed by atoms with Crippen molar-refractivity contribution >= 4 is 15.7 Å². The summed E-state index contributed by atoms with van der Waals surface area (Å²) in [6, 6.07) is 5.26. The third-order valence-electron chi connectivity index (χ3n) is 2.66. The topological polar surface area (TPSA) is 87.2 Å². The highest BCUT2D eigenvalue weighted by molar-refractivity contribution is 7.89. The number of rotatable bonds is 5. The summed E-state index contributed by atoms with van der Waals surface area (Å²) in [5.74, 6) is -1.08. The maximum atomic E-state index is 13.1. The van der Waals surface area contributed by atoms with Gasteiger partial charge < -0.3 is 5.73 Å². The first kappa shape index (κ1) is 15.4. The Labute approximate surface area is 112 Å². The van der Waals surface area contributed by atoms with Crippen LogP contribution < -0.4 is 5.73 Å². The molecular formula is C12H16FN3O2S. The number of hydrogen-bond acceptors (Lipinski definition) is 4. The van der Waals surface area contributed by atoms with Gasteiger partial charge in [0.15, 0.2) is 0 Å². The van der Waals surface area contributed by atoms with E-state index in [2.05, 4.69) is 0 Å². The number of nitriles is 1. The summed E-state index contributed by atoms with van der Waals surface area (Å²) < 4.78 is 38.9. The van der Waals surface area contributed by atoms with E-state index in [9.17, 15) is 12.8 Å². The van der Waals surface area contributed by atoms with E-state index in [1.54, 1.807) is 13.8 Å². The first-order chi connectivity index (χ1) is 8.82. The molecule has 0 amide bonds. The first-order valence-corrected chi connectivity index (χ1v) is 7.21. The minimum absolute atomic E-state index is 0.0709. The van der Waals surface area contributed by atoms with Gasteiger partial charge >= 0.3 is 0 Å². The number of anilines is 1. The van der Waals surface area contributed by atoms with Gasteiger partial charge in [0.1, 0.15) is 5.82 Å². The van der Waals surface area contributed by atoms with Gasteiger partial charge in [-0.1, -0.05) is 6.92 Å². The molecule has 2 N–H and O–H groups in total. The molecule has 5 nitrogen and oxygen atoms in total. The van der Waals surface area contributed by atoms with E-state index in [0.29, 0.717) is 0 Å². The van der Waals surface area contributed by atoms with Gasteiger partial charge in [0.05, 0.1) is 22.6 Å². The fourth-order valence-corrected chi connectivity index (χ4v) is 3.15. The molecule has 1 atom stereocenters. The van der Waals surface area contributed by atoms with Crippen LogP contribution >= 0.6 is 0 Å². The van der Waals surface area contributed by atoms with Gasteiger partial charge in [-0.15, -0.1) is 0 Å². The molecule has 1 aromatic carbocycles. The third kappa shape index (κ3) is 3.43. The number of hydrogen-bond donors (Lipinski definition) is 1. The van der Waals surface area contributed by atoms with Crippen LogP contribution in [0.25, 0.3) is 0 Å². The zero-order valence-electron chi connectivity index (χ0n) is 10.8. The zero-order chi connectivity index (χ0) is 14.6. The highest BCUT2D eigenvalue weighted by Gasteiger charge is 2.25. The van der Waals surface area contributed by atoms with Crippen LogP contribution in [0.1, 0.15) is 13.8 Å². The molecule has 1 unspecified atom stereocenters. The molecule has 0 bridgehead atoms. The molecule has 0 aliphatic carbocycles. The predicted molar refractivity (Wildman–Crippen MR) is 70.0 cm³/mol. The third-order valence-corrected chi connectivity index (χ3v) is 4.59. The van der Waals surface area contributed by atoms with Crippen molar-refractivity contribution in [3.05, 3.63) is 24.0 Å². The van der Waals surface area contributed by atoms with Crippen molar-refractivity contribution in [2.75, 3.05) is 18.8 Å². The number of benzene rings is 1. The zero-order valence-corrected chi connectivity index (χ0v) is 11.6. The van der Waals surface area contributed by atoms with Gasteiger partial charge in [0.2, 0.25) is 10.0 Å². The Balaban J connectivity index is 3.14. The minimum Gasteiger partial charge on any atom is -0.396 e. The highest BCUT2D eigenvalue weighted by atomic mass is 32.2. The normalized spacial score (nSPS) is 13.2. The van der Waals surface area contributed by atoms with Crippen molar-refractivity contribution in [2.45, 2.75) is 18.7 Å². The van der Waals surface area contributed by atoms with Crippen molar-refractivity contribution < 1.29 is 12.8 Å². The Hall–Kier alpha value is -1.65. The fraction of sp³-hybridized carbons (Fsp3) is 0.417. The van der Waals surface area contributed by atoms with Crippen LogP contribution in [0.15, 0.2) is 23.1 Å². The molecule has 0 saturated carbocycles. The van der Waals surface area contributed by atoms with Gasteiger partial charge in [-0.3, -0.25) is 0 Å². The van der Waals surface area contributed by atoms with E-state index in [4.69, 9.17) is 11.0 Å². The van der Waals surface area contributed by atoms with Gasteiger partial charge in [0.25, 0.3) is 0 Å². The lowest BCUT2D eigenvalue weighted by molar-refractivity contribution is 0.400. The SMILES string of the molecule is CCN(CC(C)C#N)S(=O)(=O)c1ccc(F)c(N)c1. The summed E-state index contributed by atoms with van der Waals surface area (Å²) in [5, 5.41) is 8.75. The first-order valence-electron chi connectivity index (χ1n) is 5.77. The summed E-state index contributed by atoms with van der Waals surface area (Å²) in [6.45, 7) is 3.63. The molecule has 0 aliphatic rings. The molecule has 0 spiro atoms. The Kier molecular flexibility index (Phi) is 4.86. The fourth-order valence-electron chi connectivity index (χ4n) is 1.57. The maximum absolute atomic E-state index is 13.1. The molecule has 0 aromatic heterocycles. The smallest absolute Gasteiger partial charge is 0.243 e. The number of nitrogen functional groups attached to an aromatic ring is 1. The number of halogens is 1. The Morgan fingerprint density at radius 3 is 2.63 bits per heavy atom. The van der Waals surface area contributed by atoms with Crippen LogP contribution in [-0.2, 0) is 10.0 Å². The number of nitrogens with two attached hydrogens (primary N) is 1. The van der Waals surface area contributed by atoms with Crippen LogP contribution in [0.2, 0.25) is 0 Å². The summed E-state index contributed by atoms with van der Waals surface area (Å²) in [4.78, 5) is -0.0709. The van der Waals surface area contributed by atoms with Gasteiger partial charge in [0, 0.05) is 13.1 Å². The standard InChI is InChI=1S/C12H16FN3O2S/c1-3-16(8-9(2)7-14)19(17,18)10-4-5-11(13)12(15)6-10/h4-6,9H,3,8,15H2,1-2H3. The number of sulfonamides is 1. The van der Waals surface area contributed by atoms with Crippen LogP contribution in [0, 0.1) is 23.1 Å². The summed E-state index contributed by atoms with van der Waals surface area (Å²) in [7, 11) is -3.76. The largest absolute Gasteiger partial charge is 0.396 e. The van der Waals surface area contributed by atoms with E-state index in [0.717, 1.165) is 12.1 Å². The molecule has 1 aromatic rings. The lowest BCUT2D eigenvalue weighted by Gasteiger charge is -2.21. The molecule has 104 valence electrons. The summed E-state index contributed by atoms with van der Waals surface area (Å²) >= 11 is 0. The number of nitrogens with zero attached hydrogens (tertiary/aromatic N) is 2. The second kappa shape index (κ2) is 5.99. The van der Waals surface area contributed by atoms with Crippen molar-refractivity contribution in [2.24, 2.45) is 5.92 Å². The van der Waals surface area contributed by atoms with E-state index in [1.165, 1.54) is 10.4 Å². The van der Waals surface area contributed by atoms with Crippen molar-refractivity contribution in [3.8, 4) is 6.07 Å². The lowest BCUT2D eigenvalue weighted by Crippen LogP contribution is -2.34. The lowest BCUT2D eigenvalue weighted by atomic mass is 10.2.